The molecular formula is C22H15ClN2O3S. The molecule has 0 aliphatic heterocycles. The minimum absolute atomic E-state index is 0.246. The molecule has 0 saturated carbocycles. The Morgan fingerprint density at radius 3 is 2.83 bits per heavy atom. The summed E-state index contributed by atoms with van der Waals surface area (Å²) in [5.74, 6) is 0.635. The van der Waals surface area contributed by atoms with Gasteiger partial charge in [0, 0.05) is 10.4 Å². The third kappa shape index (κ3) is 3.30. The molecule has 1 amide bonds. The van der Waals surface area contributed by atoms with E-state index < -0.39 is 0 Å². The first-order valence-electron chi connectivity index (χ1n) is 8.98. The maximum absolute atomic E-state index is 13.4. The van der Waals surface area contributed by atoms with Crippen molar-refractivity contribution < 1.29 is 13.6 Å². The Morgan fingerprint density at radius 1 is 1.17 bits per heavy atom. The Morgan fingerprint density at radius 2 is 2.03 bits per heavy atom. The lowest BCUT2D eigenvalue weighted by molar-refractivity contribution is 0.0958. The number of aryl methyl sites for hydroxylation is 1. The molecule has 7 heteroatoms. The minimum Gasteiger partial charge on any atom is -0.467 e. The highest BCUT2D eigenvalue weighted by Crippen LogP contribution is 2.34. The quantitative estimate of drug-likeness (QED) is 0.334. The molecule has 2 aromatic carbocycles. The van der Waals surface area contributed by atoms with Gasteiger partial charge in [-0.05, 0) is 48.9 Å². The van der Waals surface area contributed by atoms with E-state index in [1.807, 2.05) is 49.4 Å². The van der Waals surface area contributed by atoms with E-state index in [1.54, 1.807) is 23.3 Å². The Balaban J connectivity index is 1.61. The lowest BCUT2D eigenvalue weighted by Crippen LogP contribution is -2.29. The molecule has 3 heterocycles. The van der Waals surface area contributed by atoms with Gasteiger partial charge in [-0.25, -0.2) is 4.98 Å². The zero-order valence-electron chi connectivity index (χ0n) is 15.4. The van der Waals surface area contributed by atoms with Gasteiger partial charge in [-0.2, -0.15) is 0 Å². The van der Waals surface area contributed by atoms with Crippen molar-refractivity contribution >= 4 is 55.2 Å². The smallest absolute Gasteiger partial charge is 0.296 e. The third-order valence-electron chi connectivity index (χ3n) is 4.65. The first-order valence-corrected chi connectivity index (χ1v) is 10.2. The van der Waals surface area contributed by atoms with E-state index in [4.69, 9.17) is 25.4 Å². The maximum Gasteiger partial charge on any atom is 0.296 e. The molecule has 5 rings (SSSR count). The van der Waals surface area contributed by atoms with Crippen molar-refractivity contribution in [2.75, 3.05) is 4.90 Å². The zero-order valence-corrected chi connectivity index (χ0v) is 17.0. The fraction of sp³-hybridized carbons (Fsp3) is 0.0909. The van der Waals surface area contributed by atoms with Gasteiger partial charge in [0.15, 0.2) is 10.9 Å². The van der Waals surface area contributed by atoms with Crippen molar-refractivity contribution in [2.45, 2.75) is 13.5 Å². The molecule has 0 N–H and O–H groups in total. The van der Waals surface area contributed by atoms with Crippen molar-refractivity contribution in [1.29, 1.82) is 0 Å². The van der Waals surface area contributed by atoms with E-state index in [0.717, 1.165) is 21.2 Å². The van der Waals surface area contributed by atoms with E-state index >= 15 is 0 Å². The maximum atomic E-state index is 13.4. The Labute approximate surface area is 175 Å². The number of anilines is 1. The molecule has 0 fully saturated rings. The molecule has 5 aromatic rings. The number of furan rings is 2. The van der Waals surface area contributed by atoms with Crippen LogP contribution in [0.3, 0.4) is 0 Å². The van der Waals surface area contributed by atoms with Crippen LogP contribution >= 0.6 is 22.9 Å². The lowest BCUT2D eigenvalue weighted by atomic mass is 10.2. The highest BCUT2D eigenvalue weighted by molar-refractivity contribution is 7.22. The molecule has 144 valence electrons. The van der Waals surface area contributed by atoms with Crippen molar-refractivity contribution in [2.24, 2.45) is 0 Å². The fourth-order valence-corrected chi connectivity index (χ4v) is 4.68. The van der Waals surface area contributed by atoms with Crippen LogP contribution in [-0.4, -0.2) is 10.9 Å². The average molecular weight is 423 g/mol. The van der Waals surface area contributed by atoms with Crippen LogP contribution in [0.25, 0.3) is 21.2 Å². The molecule has 29 heavy (non-hydrogen) atoms. The van der Waals surface area contributed by atoms with Gasteiger partial charge in [-0.1, -0.05) is 41.1 Å². The third-order valence-corrected chi connectivity index (χ3v) is 5.89. The van der Waals surface area contributed by atoms with Gasteiger partial charge in [0.05, 0.1) is 23.0 Å². The van der Waals surface area contributed by atoms with Gasteiger partial charge >= 0.3 is 0 Å². The fourth-order valence-electron chi connectivity index (χ4n) is 3.26. The molecule has 0 radical (unpaired) electrons. The summed E-state index contributed by atoms with van der Waals surface area (Å²) < 4.78 is 12.2. The number of thiazole rings is 1. The summed E-state index contributed by atoms with van der Waals surface area (Å²) in [5, 5.41) is 2.08. The number of aromatic nitrogens is 1. The molecule has 0 spiro atoms. The summed E-state index contributed by atoms with van der Waals surface area (Å²) in [7, 11) is 0. The standard InChI is InChI=1S/C22H15ClN2O3S/c1-13-9-15(23)11-19-20(13)24-22(29-19)25(12-16-6-4-8-27-16)21(26)18-10-14-5-2-3-7-17(14)28-18/h2-11H,12H2,1H3. The Bertz CT molecular complexity index is 1300. The highest BCUT2D eigenvalue weighted by atomic mass is 35.5. The number of para-hydroxylation sites is 1. The molecule has 0 unspecified atom stereocenters. The monoisotopic (exact) mass is 422 g/mol. The highest BCUT2D eigenvalue weighted by Gasteiger charge is 2.26. The van der Waals surface area contributed by atoms with Gasteiger partial charge in [-0.3, -0.25) is 9.69 Å². The molecule has 0 bridgehead atoms. The number of fused-ring (bicyclic) bond motifs is 2. The molecule has 5 nitrogen and oxygen atoms in total. The van der Waals surface area contributed by atoms with Crippen molar-refractivity contribution in [3.63, 3.8) is 0 Å². The largest absolute Gasteiger partial charge is 0.467 e. The van der Waals surface area contributed by atoms with Crippen molar-refractivity contribution in [3.05, 3.63) is 83.0 Å². The van der Waals surface area contributed by atoms with Gasteiger partial charge in [0.25, 0.3) is 5.91 Å². The van der Waals surface area contributed by atoms with Crippen LogP contribution in [0.5, 0.6) is 0 Å². The van der Waals surface area contributed by atoms with Crippen LogP contribution in [0.4, 0.5) is 5.13 Å². The van der Waals surface area contributed by atoms with Gasteiger partial charge in [-0.15, -0.1) is 0 Å². The van der Waals surface area contributed by atoms with Crippen LogP contribution < -0.4 is 4.90 Å². The van der Waals surface area contributed by atoms with Crippen LogP contribution in [0.15, 0.2) is 69.7 Å². The van der Waals surface area contributed by atoms with Crippen LogP contribution in [-0.2, 0) is 6.54 Å². The first kappa shape index (κ1) is 18.0. The van der Waals surface area contributed by atoms with Crippen molar-refractivity contribution in [3.8, 4) is 0 Å². The van der Waals surface area contributed by atoms with E-state index in [9.17, 15) is 4.79 Å². The molecule has 0 atom stereocenters. The second kappa shape index (κ2) is 7.06. The summed E-state index contributed by atoms with van der Waals surface area (Å²) in [6.45, 7) is 2.20. The Kier molecular flexibility index (Phi) is 4.38. The SMILES string of the molecule is Cc1cc(Cl)cc2sc(N(Cc3ccco3)C(=O)c3cc4ccccc4o3)nc12. The molecule has 3 aromatic heterocycles. The topological polar surface area (TPSA) is 59.5 Å². The number of carbonyl (C=O) groups is 1. The number of nitrogens with zero attached hydrogens (tertiary/aromatic N) is 2. The Hall–Kier alpha value is -3.09. The van der Waals surface area contributed by atoms with Crippen LogP contribution in [0.2, 0.25) is 5.02 Å². The summed E-state index contributed by atoms with van der Waals surface area (Å²) >= 11 is 7.61. The number of hydrogen-bond donors (Lipinski definition) is 0. The molecule has 0 aliphatic rings. The number of amides is 1. The van der Waals surface area contributed by atoms with E-state index in [1.165, 1.54) is 11.3 Å². The van der Waals surface area contributed by atoms with Crippen LogP contribution in [0, 0.1) is 6.92 Å². The second-order valence-electron chi connectivity index (χ2n) is 6.69. The van der Waals surface area contributed by atoms with Gasteiger partial charge in [0.2, 0.25) is 0 Å². The molecule has 0 aliphatic carbocycles. The summed E-state index contributed by atoms with van der Waals surface area (Å²) in [5.41, 5.74) is 2.46. The summed E-state index contributed by atoms with van der Waals surface area (Å²) in [6.07, 6.45) is 1.58. The average Bonchev–Trinajstić information content (AvgIpc) is 3.44. The first-order chi connectivity index (χ1) is 14.1. The number of carbonyl (C=O) groups excluding carboxylic acids is 1. The second-order valence-corrected chi connectivity index (χ2v) is 8.13. The van der Waals surface area contributed by atoms with Gasteiger partial charge < -0.3 is 8.83 Å². The molecular weight excluding hydrogens is 408 g/mol. The van der Waals surface area contributed by atoms with Crippen molar-refractivity contribution in [1.82, 2.24) is 4.98 Å². The van der Waals surface area contributed by atoms with E-state index in [2.05, 4.69) is 0 Å². The van der Waals surface area contributed by atoms with Gasteiger partial charge in [0.1, 0.15) is 11.3 Å². The lowest BCUT2D eigenvalue weighted by Gasteiger charge is -2.17. The zero-order chi connectivity index (χ0) is 20.0. The van der Waals surface area contributed by atoms with Crippen LogP contribution in [0.1, 0.15) is 21.9 Å². The predicted octanol–water partition coefficient (Wildman–Crippen LogP) is 6.44. The van der Waals surface area contributed by atoms with E-state index in [-0.39, 0.29) is 18.2 Å². The number of rotatable bonds is 4. The number of benzene rings is 2. The summed E-state index contributed by atoms with van der Waals surface area (Å²) in [4.78, 5) is 19.7. The van der Waals surface area contributed by atoms with E-state index in [0.29, 0.717) is 21.5 Å². The minimum atomic E-state index is -0.277. The molecule has 0 saturated heterocycles. The number of hydrogen-bond acceptors (Lipinski definition) is 5. The number of halogens is 1. The normalized spacial score (nSPS) is 11.4. The predicted molar refractivity (Wildman–Crippen MR) is 115 cm³/mol. The summed E-state index contributed by atoms with van der Waals surface area (Å²) in [6, 6.07) is 16.6.